The maximum absolute atomic E-state index is 2.12. The highest BCUT2D eigenvalue weighted by Crippen LogP contribution is 1.56. The van der Waals surface area contributed by atoms with Crippen molar-refractivity contribution >= 4 is 0 Å². The first-order valence-electron chi connectivity index (χ1n) is 2.41. The van der Waals surface area contributed by atoms with Gasteiger partial charge in [0.05, 0.1) is 0 Å². The molecule has 0 nitrogen and oxygen atoms in total. The Labute approximate surface area is 64.7 Å². The van der Waals surface area contributed by atoms with E-state index in [9.17, 15) is 0 Å². The van der Waals surface area contributed by atoms with Crippen LogP contribution >= 0.6 is 0 Å². The Morgan fingerprint density at radius 3 is 0.667 bits per heavy atom. The molecule has 0 aliphatic rings. The minimum atomic E-state index is 0. The zero-order valence-electron chi connectivity index (χ0n) is 4.71. The van der Waals surface area contributed by atoms with Crippen LogP contribution in [0.2, 0.25) is 0 Å². The molecule has 0 saturated heterocycles. The Balaban J connectivity index is -0.00000000357. The molecule has 0 fully saturated rings. The third kappa shape index (κ3) is 0. The lowest BCUT2D eigenvalue weighted by atomic mass is 10.6. The van der Waals surface area contributed by atoms with E-state index in [1.165, 1.54) is 6.42 Å². The van der Waals surface area contributed by atoms with Crippen LogP contribution in [0.25, 0.3) is 0 Å². The standard InChI is InChI=1S/C3H8.C2H6.4CH4/c1-3-2;1-2;;;;/h3H2,1-2H3;1-2H3;4*1H4. The van der Waals surface area contributed by atoms with E-state index >= 15 is 0 Å². The molecular weight excluding hydrogens is 108 g/mol. The normalized spacial score (nSPS) is 2.67. The largest absolute Gasteiger partial charge is 0.0776 e. The van der Waals surface area contributed by atoms with Gasteiger partial charge in [-0.25, -0.2) is 0 Å². The summed E-state index contributed by atoms with van der Waals surface area (Å²) in [4.78, 5) is 0. The monoisotopic (exact) mass is 138 g/mol. The van der Waals surface area contributed by atoms with E-state index in [0.717, 1.165) is 0 Å². The first-order valence-corrected chi connectivity index (χ1v) is 2.41. The molecule has 0 unspecified atom stereocenters. The zero-order valence-corrected chi connectivity index (χ0v) is 4.71. The molecule has 0 heterocycles. The minimum absolute atomic E-state index is 0. The van der Waals surface area contributed by atoms with Gasteiger partial charge in [-0.05, 0) is 0 Å². The summed E-state index contributed by atoms with van der Waals surface area (Å²) in [7, 11) is 0. The van der Waals surface area contributed by atoms with Gasteiger partial charge in [-0.2, -0.15) is 0 Å². The molecule has 0 aromatic heterocycles. The minimum Gasteiger partial charge on any atom is -0.0776 e. The lowest BCUT2D eigenvalue weighted by Gasteiger charge is -1.48. The Morgan fingerprint density at radius 2 is 0.667 bits per heavy atom. The summed E-state index contributed by atoms with van der Waals surface area (Å²) in [6.07, 6.45) is 1.25. The molecule has 0 radical (unpaired) electrons. The van der Waals surface area contributed by atoms with Crippen molar-refractivity contribution in [2.45, 2.75) is 63.8 Å². The van der Waals surface area contributed by atoms with Gasteiger partial charge in [-0.1, -0.05) is 63.8 Å². The first kappa shape index (κ1) is 64.0. The Kier molecular flexibility index (Phi) is 2790. The van der Waals surface area contributed by atoms with Crippen LogP contribution in [0.1, 0.15) is 63.8 Å². The van der Waals surface area contributed by atoms with Gasteiger partial charge >= 0.3 is 0 Å². The molecule has 0 atom stereocenters. The van der Waals surface area contributed by atoms with Gasteiger partial charge in [-0.3, -0.25) is 0 Å². The van der Waals surface area contributed by atoms with Crippen LogP contribution in [0.4, 0.5) is 0 Å². The molecule has 0 N–H and O–H groups in total. The number of hydrogen-bond acceptors (Lipinski definition) is 0. The summed E-state index contributed by atoms with van der Waals surface area (Å²) >= 11 is 0. The van der Waals surface area contributed by atoms with Crippen molar-refractivity contribution in [3.8, 4) is 0 Å². The van der Waals surface area contributed by atoms with E-state index in [-0.39, 0.29) is 29.7 Å². The third-order valence-corrected chi connectivity index (χ3v) is 0. The SMILES string of the molecule is C.C.C.C.CC.CCC. The van der Waals surface area contributed by atoms with Crippen molar-refractivity contribution in [3.63, 3.8) is 0 Å². The maximum Gasteiger partial charge on any atom is -0.0590 e. The number of hydrogen-bond donors (Lipinski definition) is 0. The van der Waals surface area contributed by atoms with Crippen LogP contribution < -0.4 is 0 Å². The molecule has 0 rings (SSSR count). The average molecular weight is 138 g/mol. The fourth-order valence-electron chi connectivity index (χ4n) is 0. The summed E-state index contributed by atoms with van der Waals surface area (Å²) in [5, 5.41) is 0. The van der Waals surface area contributed by atoms with Crippen LogP contribution in [0.15, 0.2) is 0 Å². The van der Waals surface area contributed by atoms with Gasteiger partial charge in [0, 0.05) is 0 Å². The Bertz CT molecular complexity index is 0. The molecule has 0 aromatic carbocycles. The summed E-state index contributed by atoms with van der Waals surface area (Å²) < 4.78 is 0. The van der Waals surface area contributed by atoms with Crippen LogP contribution in [0.5, 0.6) is 0 Å². The highest BCUT2D eigenvalue weighted by molar-refractivity contribution is 3.92. The maximum atomic E-state index is 2.12. The van der Waals surface area contributed by atoms with Crippen LogP contribution in [-0.4, -0.2) is 0 Å². The lowest BCUT2D eigenvalue weighted by molar-refractivity contribution is 1.09. The van der Waals surface area contributed by atoms with Gasteiger partial charge in [0.15, 0.2) is 0 Å². The quantitative estimate of drug-likeness (QED) is 0.442. The third-order valence-electron chi connectivity index (χ3n) is 0. The van der Waals surface area contributed by atoms with E-state index in [1.54, 1.807) is 0 Å². The van der Waals surface area contributed by atoms with Gasteiger partial charge in [0.2, 0.25) is 0 Å². The summed E-state index contributed by atoms with van der Waals surface area (Å²) in [5.74, 6) is 0. The Hall–Kier alpha value is 0. The summed E-state index contributed by atoms with van der Waals surface area (Å²) in [6, 6.07) is 0. The summed E-state index contributed by atoms with van der Waals surface area (Å²) in [5.41, 5.74) is 0. The molecular formula is C9H30. The van der Waals surface area contributed by atoms with E-state index in [2.05, 4.69) is 13.8 Å². The predicted molar refractivity (Wildman–Crippen MR) is 54.2 cm³/mol. The molecule has 66 valence electrons. The molecule has 0 spiro atoms. The van der Waals surface area contributed by atoms with E-state index in [0.29, 0.717) is 0 Å². The number of rotatable bonds is 0. The molecule has 0 aromatic rings. The topological polar surface area (TPSA) is 0 Å². The average Bonchev–Trinajstić information content (AvgIpc) is 1.46. The van der Waals surface area contributed by atoms with Crippen LogP contribution in [0.3, 0.4) is 0 Å². The molecule has 0 heteroatoms. The van der Waals surface area contributed by atoms with Crippen LogP contribution in [-0.2, 0) is 0 Å². The van der Waals surface area contributed by atoms with Crippen molar-refractivity contribution in [1.29, 1.82) is 0 Å². The molecule has 0 aliphatic carbocycles. The molecule has 0 bridgehead atoms. The highest BCUT2D eigenvalue weighted by Gasteiger charge is 1.35. The molecule has 0 aliphatic heterocycles. The van der Waals surface area contributed by atoms with E-state index in [1.807, 2.05) is 13.8 Å². The first-order chi connectivity index (χ1) is 2.41. The second-order valence-electron chi connectivity index (χ2n) is 0.707. The fraction of sp³-hybridized carbons (Fsp3) is 1.00. The zero-order chi connectivity index (χ0) is 4.71. The predicted octanol–water partition coefficient (Wildman–Crippen LogP) is 4.99. The second-order valence-corrected chi connectivity index (χ2v) is 0.707. The van der Waals surface area contributed by atoms with Crippen molar-refractivity contribution in [2.75, 3.05) is 0 Å². The lowest BCUT2D eigenvalue weighted by Crippen LogP contribution is -1.27. The molecule has 9 heavy (non-hydrogen) atoms. The van der Waals surface area contributed by atoms with Gasteiger partial charge < -0.3 is 0 Å². The molecule has 0 saturated carbocycles. The van der Waals surface area contributed by atoms with E-state index < -0.39 is 0 Å². The van der Waals surface area contributed by atoms with Crippen molar-refractivity contribution in [3.05, 3.63) is 0 Å². The van der Waals surface area contributed by atoms with Gasteiger partial charge in [-0.15, -0.1) is 0 Å². The Morgan fingerprint density at radius 1 is 0.667 bits per heavy atom. The fourth-order valence-corrected chi connectivity index (χ4v) is 0. The van der Waals surface area contributed by atoms with Crippen LogP contribution in [0, 0.1) is 0 Å². The van der Waals surface area contributed by atoms with Crippen molar-refractivity contribution in [1.82, 2.24) is 0 Å². The van der Waals surface area contributed by atoms with Gasteiger partial charge in [0.1, 0.15) is 0 Å². The second kappa shape index (κ2) is 392. The van der Waals surface area contributed by atoms with Crippen molar-refractivity contribution in [2.24, 2.45) is 0 Å². The smallest absolute Gasteiger partial charge is 0.0590 e. The summed E-state index contributed by atoms with van der Waals surface area (Å²) in [6.45, 7) is 8.25. The van der Waals surface area contributed by atoms with E-state index in [4.69, 9.17) is 0 Å². The van der Waals surface area contributed by atoms with Crippen molar-refractivity contribution < 1.29 is 0 Å². The van der Waals surface area contributed by atoms with Gasteiger partial charge in [0.25, 0.3) is 0 Å². The highest BCUT2D eigenvalue weighted by atomic mass is 13.4. The molecule has 0 amide bonds.